The maximum absolute atomic E-state index is 12.6. The highest BCUT2D eigenvalue weighted by molar-refractivity contribution is 14.1. The Morgan fingerprint density at radius 1 is 1.20 bits per heavy atom. The van der Waals surface area contributed by atoms with E-state index in [-0.39, 0.29) is 46.8 Å². The lowest BCUT2D eigenvalue weighted by atomic mass is 9.81. The number of hydrogen-bond acceptors (Lipinski definition) is 5. The highest BCUT2D eigenvalue weighted by Gasteiger charge is 2.62. The Balaban J connectivity index is 1.61. The van der Waals surface area contributed by atoms with Crippen LogP contribution in [0.25, 0.3) is 0 Å². The first kappa shape index (κ1) is 16.8. The largest absolute Gasteiger partial charge is 0.507 e. The molecule has 1 aromatic rings. The average molecular weight is 455 g/mol. The lowest BCUT2D eigenvalue weighted by Crippen LogP contribution is -2.35. The molecule has 7 heteroatoms. The number of phenolic OH excluding ortho intramolecular Hbond substituents is 1. The van der Waals surface area contributed by atoms with Gasteiger partial charge in [-0.05, 0) is 79.2 Å². The van der Waals surface area contributed by atoms with Crippen molar-refractivity contribution in [3.8, 4) is 5.75 Å². The summed E-state index contributed by atoms with van der Waals surface area (Å²) in [6.45, 7) is 3.34. The van der Waals surface area contributed by atoms with Gasteiger partial charge in [-0.15, -0.1) is 5.06 Å². The van der Waals surface area contributed by atoms with Gasteiger partial charge >= 0.3 is 5.97 Å². The summed E-state index contributed by atoms with van der Waals surface area (Å²) < 4.78 is 0.628. The lowest BCUT2D eigenvalue weighted by Gasteiger charge is -2.18. The molecule has 4 unspecified atom stereocenters. The molecule has 4 rings (SSSR count). The zero-order valence-electron chi connectivity index (χ0n) is 13.9. The van der Waals surface area contributed by atoms with Crippen LogP contribution in [0.5, 0.6) is 5.75 Å². The minimum atomic E-state index is -0.782. The molecule has 0 aromatic heterocycles. The van der Waals surface area contributed by atoms with Gasteiger partial charge in [-0.2, -0.15) is 0 Å². The summed E-state index contributed by atoms with van der Waals surface area (Å²) in [6, 6.07) is 1.67. The summed E-state index contributed by atoms with van der Waals surface area (Å²) in [6.07, 6.45) is 2.86. The number of benzene rings is 1. The van der Waals surface area contributed by atoms with Gasteiger partial charge in [0.1, 0.15) is 5.75 Å². The number of amides is 2. The first-order valence-electron chi connectivity index (χ1n) is 8.40. The zero-order chi connectivity index (χ0) is 18.0. The van der Waals surface area contributed by atoms with Crippen LogP contribution in [0.2, 0.25) is 0 Å². The average Bonchev–Trinajstić information content (AvgIpc) is 3.22. The summed E-state index contributed by atoms with van der Waals surface area (Å²) in [5.74, 6) is -1.73. The number of hydrogen-bond donors (Lipinski definition) is 1. The fourth-order valence-corrected chi connectivity index (χ4v) is 5.71. The molecule has 3 fully saturated rings. The maximum Gasteiger partial charge on any atom is 0.364 e. The smallest absolute Gasteiger partial charge is 0.364 e. The molecular weight excluding hydrogens is 437 g/mol. The molecule has 2 bridgehead atoms. The Morgan fingerprint density at radius 2 is 1.76 bits per heavy atom. The number of imide groups is 1. The predicted octanol–water partition coefficient (Wildman–Crippen LogP) is 2.72. The van der Waals surface area contributed by atoms with Gasteiger partial charge in [0, 0.05) is 5.56 Å². The van der Waals surface area contributed by atoms with Gasteiger partial charge in [0.15, 0.2) is 0 Å². The number of aryl methyl sites for hydroxylation is 1. The highest BCUT2D eigenvalue weighted by atomic mass is 127. The summed E-state index contributed by atoms with van der Waals surface area (Å²) in [4.78, 5) is 43.1. The Labute approximate surface area is 158 Å². The van der Waals surface area contributed by atoms with E-state index in [9.17, 15) is 19.5 Å². The Morgan fingerprint density at radius 3 is 2.32 bits per heavy atom. The minimum absolute atomic E-state index is 0.00661. The molecule has 1 N–H and O–H groups in total. The van der Waals surface area contributed by atoms with Crippen molar-refractivity contribution < 1.29 is 24.3 Å². The van der Waals surface area contributed by atoms with Crippen LogP contribution in [-0.2, 0) is 14.4 Å². The second kappa shape index (κ2) is 5.69. The van der Waals surface area contributed by atoms with Gasteiger partial charge in [0.05, 0.1) is 21.0 Å². The van der Waals surface area contributed by atoms with E-state index in [1.165, 1.54) is 0 Å². The summed E-state index contributed by atoms with van der Waals surface area (Å²) in [5, 5.41) is 10.7. The third-order valence-electron chi connectivity index (χ3n) is 5.96. The monoisotopic (exact) mass is 455 g/mol. The molecule has 6 nitrogen and oxygen atoms in total. The molecule has 1 saturated heterocycles. The van der Waals surface area contributed by atoms with Crippen molar-refractivity contribution in [3.63, 3.8) is 0 Å². The quantitative estimate of drug-likeness (QED) is 0.548. The number of nitrogens with zero attached hydrogens (tertiary/aromatic N) is 1. The van der Waals surface area contributed by atoms with E-state index in [2.05, 4.69) is 0 Å². The van der Waals surface area contributed by atoms with Gasteiger partial charge in [-0.25, -0.2) is 4.79 Å². The van der Waals surface area contributed by atoms with Crippen molar-refractivity contribution in [2.45, 2.75) is 33.1 Å². The maximum atomic E-state index is 12.6. The number of hydroxylamine groups is 2. The van der Waals surface area contributed by atoms with Crippen LogP contribution in [0.15, 0.2) is 6.07 Å². The van der Waals surface area contributed by atoms with E-state index in [0.717, 1.165) is 19.3 Å². The molecule has 2 amide bonds. The van der Waals surface area contributed by atoms with Gasteiger partial charge in [0.2, 0.25) is 0 Å². The molecule has 3 aliphatic rings. The first-order chi connectivity index (χ1) is 11.8. The van der Waals surface area contributed by atoms with Crippen molar-refractivity contribution in [1.82, 2.24) is 5.06 Å². The fraction of sp³-hybridized carbons (Fsp3) is 0.500. The van der Waals surface area contributed by atoms with Crippen LogP contribution in [0.3, 0.4) is 0 Å². The number of fused-ring (bicyclic) bond motifs is 5. The van der Waals surface area contributed by atoms with Crippen molar-refractivity contribution in [1.29, 1.82) is 0 Å². The van der Waals surface area contributed by atoms with E-state index in [4.69, 9.17) is 4.84 Å². The normalized spacial score (nSPS) is 30.1. The Hall–Kier alpha value is -1.64. The second-order valence-corrected chi connectivity index (χ2v) is 8.42. The first-order valence-corrected chi connectivity index (χ1v) is 9.48. The van der Waals surface area contributed by atoms with Crippen LogP contribution < -0.4 is 0 Å². The van der Waals surface area contributed by atoms with Crippen molar-refractivity contribution >= 4 is 40.4 Å². The van der Waals surface area contributed by atoms with Crippen LogP contribution >= 0.6 is 22.6 Å². The summed E-state index contributed by atoms with van der Waals surface area (Å²) >= 11 is 1.98. The molecule has 2 aliphatic carbocycles. The standard InChI is InChI=1S/C18H18INO5/c1-7-5-11(19)15(21)8(2)12(7)18(24)25-20-16(22)13-9-3-4-10(6-9)14(13)17(20)23/h5,9-10,13-14,21H,3-4,6H2,1-2H3. The van der Waals surface area contributed by atoms with Gasteiger partial charge in [0.25, 0.3) is 11.8 Å². The topological polar surface area (TPSA) is 83.9 Å². The molecular formula is C18H18INO5. The van der Waals surface area contributed by atoms with E-state index < -0.39 is 5.97 Å². The molecule has 1 aromatic carbocycles. The predicted molar refractivity (Wildman–Crippen MR) is 95.4 cm³/mol. The number of carbonyl (C=O) groups excluding carboxylic acids is 3. The molecule has 4 atom stereocenters. The van der Waals surface area contributed by atoms with E-state index >= 15 is 0 Å². The number of phenols is 1. The van der Waals surface area contributed by atoms with Crippen LogP contribution in [0, 0.1) is 41.1 Å². The van der Waals surface area contributed by atoms with Crippen LogP contribution in [0.1, 0.15) is 40.7 Å². The molecule has 1 aliphatic heterocycles. The number of aromatic hydroxyl groups is 1. The van der Waals surface area contributed by atoms with Gasteiger partial charge < -0.3 is 9.94 Å². The van der Waals surface area contributed by atoms with E-state index in [1.54, 1.807) is 19.9 Å². The van der Waals surface area contributed by atoms with E-state index in [1.807, 2.05) is 22.6 Å². The molecule has 2 saturated carbocycles. The molecule has 132 valence electrons. The Kier molecular flexibility index (Phi) is 3.82. The molecule has 0 radical (unpaired) electrons. The van der Waals surface area contributed by atoms with Gasteiger partial charge in [-0.3, -0.25) is 9.59 Å². The van der Waals surface area contributed by atoms with E-state index in [0.29, 0.717) is 19.8 Å². The van der Waals surface area contributed by atoms with Gasteiger partial charge in [-0.1, -0.05) is 0 Å². The zero-order valence-corrected chi connectivity index (χ0v) is 16.1. The van der Waals surface area contributed by atoms with Crippen molar-refractivity contribution in [2.24, 2.45) is 23.7 Å². The fourth-order valence-electron chi connectivity index (χ4n) is 4.84. The minimum Gasteiger partial charge on any atom is -0.507 e. The number of halogens is 1. The molecule has 25 heavy (non-hydrogen) atoms. The number of rotatable bonds is 2. The van der Waals surface area contributed by atoms with Crippen LogP contribution in [0.4, 0.5) is 0 Å². The third kappa shape index (κ3) is 2.31. The lowest BCUT2D eigenvalue weighted by molar-refractivity contribution is -0.175. The molecule has 0 spiro atoms. The second-order valence-electron chi connectivity index (χ2n) is 7.26. The van der Waals surface area contributed by atoms with Crippen molar-refractivity contribution in [3.05, 3.63) is 26.3 Å². The SMILES string of the molecule is Cc1cc(I)c(O)c(C)c1C(=O)ON1C(=O)C2C3CCC(C3)C2C1=O. The summed E-state index contributed by atoms with van der Waals surface area (Å²) in [5.41, 5.74) is 1.20. The Bertz CT molecular complexity index is 792. The van der Waals surface area contributed by atoms with Crippen molar-refractivity contribution in [2.75, 3.05) is 0 Å². The summed E-state index contributed by atoms with van der Waals surface area (Å²) in [7, 11) is 0. The molecule has 1 heterocycles. The number of carbonyl (C=O) groups is 3. The van der Waals surface area contributed by atoms with Crippen LogP contribution in [-0.4, -0.2) is 28.0 Å². The highest BCUT2D eigenvalue weighted by Crippen LogP contribution is 2.56. The third-order valence-corrected chi connectivity index (χ3v) is 6.78.